The van der Waals surface area contributed by atoms with Crippen LogP contribution in [0.25, 0.3) is 0 Å². The predicted molar refractivity (Wildman–Crippen MR) is 77.0 cm³/mol. The van der Waals surface area contributed by atoms with Gasteiger partial charge in [0.05, 0.1) is 0 Å². The van der Waals surface area contributed by atoms with Gasteiger partial charge in [-0.15, -0.1) is 0 Å². The van der Waals surface area contributed by atoms with Gasteiger partial charge in [-0.2, -0.15) is 0 Å². The Morgan fingerprint density at radius 1 is 1.17 bits per heavy atom. The van der Waals surface area contributed by atoms with Crippen molar-refractivity contribution in [1.29, 1.82) is 0 Å². The minimum Gasteiger partial charge on any atom is -0.302 e. The molecule has 0 aliphatic carbocycles. The van der Waals surface area contributed by atoms with E-state index in [0.29, 0.717) is 12.5 Å². The molecule has 2 nitrogen and oxygen atoms in total. The van der Waals surface area contributed by atoms with Crippen LogP contribution in [-0.4, -0.2) is 24.8 Å². The van der Waals surface area contributed by atoms with Crippen molar-refractivity contribution in [3.05, 3.63) is 34.4 Å². The minimum atomic E-state index is 0.268. The number of benzene rings is 1. The Morgan fingerprint density at radius 2 is 1.67 bits per heavy atom. The molecule has 0 aliphatic rings. The molecule has 100 valence electrons. The van der Waals surface area contributed by atoms with Gasteiger partial charge in [0.15, 0.2) is 0 Å². The standard InChI is InChI=1S/C16H25NO/c1-11-9-12(2)16(13(3)10-11)15(17(5)6)8-7-14(4)18/h9-10,15H,7-8H2,1-6H3. The number of aryl methyl sites for hydroxylation is 3. The van der Waals surface area contributed by atoms with E-state index in [1.54, 1.807) is 6.92 Å². The van der Waals surface area contributed by atoms with Crippen LogP contribution in [0.2, 0.25) is 0 Å². The Hall–Kier alpha value is -1.15. The molecule has 0 saturated heterocycles. The van der Waals surface area contributed by atoms with Crippen molar-refractivity contribution < 1.29 is 4.79 Å². The third-order valence-corrected chi connectivity index (χ3v) is 3.46. The van der Waals surface area contributed by atoms with E-state index in [9.17, 15) is 4.79 Å². The maximum atomic E-state index is 11.2. The van der Waals surface area contributed by atoms with Crippen molar-refractivity contribution in [2.24, 2.45) is 0 Å². The maximum Gasteiger partial charge on any atom is 0.129 e. The molecule has 18 heavy (non-hydrogen) atoms. The van der Waals surface area contributed by atoms with Gasteiger partial charge in [0.1, 0.15) is 5.78 Å². The lowest BCUT2D eigenvalue weighted by Crippen LogP contribution is -2.22. The zero-order valence-electron chi connectivity index (χ0n) is 12.5. The average molecular weight is 247 g/mol. The lowest BCUT2D eigenvalue weighted by atomic mass is 9.90. The number of nitrogens with zero attached hydrogens (tertiary/aromatic N) is 1. The molecule has 0 bridgehead atoms. The van der Waals surface area contributed by atoms with E-state index < -0.39 is 0 Å². The van der Waals surface area contributed by atoms with Gasteiger partial charge >= 0.3 is 0 Å². The highest BCUT2D eigenvalue weighted by molar-refractivity contribution is 5.75. The number of ketones is 1. The van der Waals surface area contributed by atoms with Crippen molar-refractivity contribution >= 4 is 5.78 Å². The van der Waals surface area contributed by atoms with Crippen LogP contribution in [0.4, 0.5) is 0 Å². The molecule has 1 unspecified atom stereocenters. The smallest absolute Gasteiger partial charge is 0.129 e. The number of rotatable bonds is 5. The Morgan fingerprint density at radius 3 is 2.06 bits per heavy atom. The van der Waals surface area contributed by atoms with E-state index in [4.69, 9.17) is 0 Å². The second-order valence-electron chi connectivity index (χ2n) is 5.53. The Bertz CT molecular complexity index is 412. The van der Waals surface area contributed by atoms with E-state index in [1.165, 1.54) is 22.3 Å². The van der Waals surface area contributed by atoms with E-state index in [1.807, 2.05) is 0 Å². The molecule has 0 amide bonds. The highest BCUT2D eigenvalue weighted by Crippen LogP contribution is 2.30. The summed E-state index contributed by atoms with van der Waals surface area (Å²) in [5.41, 5.74) is 5.34. The quantitative estimate of drug-likeness (QED) is 0.792. The molecular formula is C16H25NO. The third kappa shape index (κ3) is 3.67. The number of Topliss-reactive ketones (excluding diaryl/α,β-unsaturated/α-hetero) is 1. The highest BCUT2D eigenvalue weighted by atomic mass is 16.1. The van der Waals surface area contributed by atoms with Crippen LogP contribution in [0.5, 0.6) is 0 Å². The molecule has 2 heteroatoms. The lowest BCUT2D eigenvalue weighted by Gasteiger charge is -2.28. The molecular weight excluding hydrogens is 222 g/mol. The number of carbonyl (C=O) groups excluding carboxylic acids is 1. The van der Waals surface area contributed by atoms with Crippen LogP contribution in [0.1, 0.15) is 48.1 Å². The molecule has 0 N–H and O–H groups in total. The first-order valence-corrected chi connectivity index (χ1v) is 6.56. The van der Waals surface area contributed by atoms with Crippen LogP contribution >= 0.6 is 0 Å². The van der Waals surface area contributed by atoms with Crippen molar-refractivity contribution in [3.8, 4) is 0 Å². The van der Waals surface area contributed by atoms with Crippen LogP contribution in [0, 0.1) is 20.8 Å². The Labute approximate surface area is 111 Å². The lowest BCUT2D eigenvalue weighted by molar-refractivity contribution is -0.117. The van der Waals surface area contributed by atoms with Crippen LogP contribution in [0.3, 0.4) is 0 Å². The molecule has 1 aromatic rings. The van der Waals surface area contributed by atoms with Crippen molar-refractivity contribution in [3.63, 3.8) is 0 Å². The summed E-state index contributed by atoms with van der Waals surface area (Å²) in [6, 6.07) is 4.79. The van der Waals surface area contributed by atoms with Gasteiger partial charge in [-0.3, -0.25) is 0 Å². The van der Waals surface area contributed by atoms with Crippen molar-refractivity contribution in [2.45, 2.75) is 46.6 Å². The van der Waals surface area contributed by atoms with Crippen LogP contribution < -0.4 is 0 Å². The summed E-state index contributed by atoms with van der Waals surface area (Å²) in [6.07, 6.45) is 1.54. The molecule has 0 radical (unpaired) electrons. The first-order chi connectivity index (χ1) is 8.32. The summed E-state index contributed by atoms with van der Waals surface area (Å²) in [5, 5.41) is 0. The molecule has 0 fully saturated rings. The fourth-order valence-corrected chi connectivity index (χ4v) is 2.72. The van der Waals surface area contributed by atoms with Gasteiger partial charge in [-0.1, -0.05) is 17.7 Å². The van der Waals surface area contributed by atoms with Crippen molar-refractivity contribution in [1.82, 2.24) is 4.90 Å². The summed E-state index contributed by atoms with van der Waals surface area (Å²) in [6.45, 7) is 8.13. The summed E-state index contributed by atoms with van der Waals surface area (Å²) >= 11 is 0. The summed E-state index contributed by atoms with van der Waals surface area (Å²) in [5.74, 6) is 0.268. The fourth-order valence-electron chi connectivity index (χ4n) is 2.72. The maximum absolute atomic E-state index is 11.2. The summed E-state index contributed by atoms with van der Waals surface area (Å²) in [4.78, 5) is 13.4. The van der Waals surface area contributed by atoms with Crippen LogP contribution in [0.15, 0.2) is 12.1 Å². The Balaban J connectivity index is 3.09. The highest BCUT2D eigenvalue weighted by Gasteiger charge is 2.19. The van der Waals surface area contributed by atoms with Crippen LogP contribution in [-0.2, 0) is 4.79 Å². The number of hydrogen-bond acceptors (Lipinski definition) is 2. The molecule has 1 rings (SSSR count). The largest absolute Gasteiger partial charge is 0.302 e. The average Bonchev–Trinajstić information content (AvgIpc) is 2.20. The molecule has 1 atom stereocenters. The normalized spacial score (nSPS) is 12.8. The second-order valence-corrected chi connectivity index (χ2v) is 5.53. The SMILES string of the molecule is CC(=O)CCC(c1c(C)cc(C)cc1C)N(C)C. The van der Waals surface area contributed by atoms with Gasteiger partial charge in [-0.05, 0) is 64.9 Å². The zero-order valence-corrected chi connectivity index (χ0v) is 12.5. The first kappa shape index (κ1) is 14.9. The van der Waals surface area contributed by atoms with Gasteiger partial charge < -0.3 is 9.69 Å². The fraction of sp³-hybridized carbons (Fsp3) is 0.562. The predicted octanol–water partition coefficient (Wildman–Crippen LogP) is 3.58. The van der Waals surface area contributed by atoms with E-state index in [2.05, 4.69) is 51.9 Å². The molecule has 0 spiro atoms. The summed E-state index contributed by atoms with van der Waals surface area (Å²) in [7, 11) is 4.17. The summed E-state index contributed by atoms with van der Waals surface area (Å²) < 4.78 is 0. The van der Waals surface area contributed by atoms with E-state index in [0.717, 1.165) is 6.42 Å². The number of carbonyl (C=O) groups is 1. The molecule has 0 aliphatic heterocycles. The number of hydrogen-bond donors (Lipinski definition) is 0. The Kier molecular flexibility index (Phi) is 5.09. The monoisotopic (exact) mass is 247 g/mol. The first-order valence-electron chi connectivity index (χ1n) is 6.56. The van der Waals surface area contributed by atoms with E-state index in [-0.39, 0.29) is 5.78 Å². The van der Waals surface area contributed by atoms with Gasteiger partial charge in [0.2, 0.25) is 0 Å². The topological polar surface area (TPSA) is 20.3 Å². The van der Waals surface area contributed by atoms with Gasteiger partial charge in [-0.25, -0.2) is 0 Å². The van der Waals surface area contributed by atoms with Gasteiger partial charge in [0, 0.05) is 12.5 Å². The molecule has 0 aromatic heterocycles. The van der Waals surface area contributed by atoms with Gasteiger partial charge in [0.25, 0.3) is 0 Å². The second kappa shape index (κ2) is 6.14. The van der Waals surface area contributed by atoms with E-state index >= 15 is 0 Å². The molecule has 1 aromatic carbocycles. The zero-order chi connectivity index (χ0) is 13.9. The van der Waals surface area contributed by atoms with Crippen molar-refractivity contribution in [2.75, 3.05) is 14.1 Å². The minimum absolute atomic E-state index is 0.268. The molecule has 0 heterocycles. The third-order valence-electron chi connectivity index (χ3n) is 3.46. The molecule has 0 saturated carbocycles.